The number of anilines is 1. The van der Waals surface area contributed by atoms with Gasteiger partial charge in [-0.05, 0) is 54.8 Å². The van der Waals surface area contributed by atoms with Crippen molar-refractivity contribution in [2.75, 3.05) is 12.4 Å². The second kappa shape index (κ2) is 10.4. The third kappa shape index (κ3) is 4.65. The van der Waals surface area contributed by atoms with Crippen molar-refractivity contribution < 1.29 is 23.9 Å². The summed E-state index contributed by atoms with van der Waals surface area (Å²) in [6.07, 6.45) is 8.29. The van der Waals surface area contributed by atoms with E-state index in [1.165, 1.54) is 6.42 Å². The Labute approximate surface area is 236 Å². The van der Waals surface area contributed by atoms with Gasteiger partial charge in [0.15, 0.2) is 0 Å². The van der Waals surface area contributed by atoms with Crippen LogP contribution in [0, 0.1) is 11.8 Å². The number of nitrogens with one attached hydrogen (secondary N) is 2. The maximum Gasteiger partial charge on any atom is 0.246 e. The van der Waals surface area contributed by atoms with Crippen LogP contribution in [-0.2, 0) is 25.7 Å². The van der Waals surface area contributed by atoms with E-state index >= 15 is 0 Å². The van der Waals surface area contributed by atoms with Gasteiger partial charge in [-0.15, -0.1) is 0 Å². The highest BCUT2D eigenvalue weighted by Crippen LogP contribution is 2.55. The van der Waals surface area contributed by atoms with Gasteiger partial charge in [0.2, 0.25) is 17.7 Å². The maximum absolute atomic E-state index is 14.2. The van der Waals surface area contributed by atoms with Gasteiger partial charge in [0, 0.05) is 22.7 Å². The van der Waals surface area contributed by atoms with Crippen molar-refractivity contribution >= 4 is 39.3 Å². The minimum absolute atomic E-state index is 0.0783. The summed E-state index contributed by atoms with van der Waals surface area (Å²) in [6, 6.07) is 14.0. The number of nitrogens with zero attached hydrogens (tertiary/aromatic N) is 1. The van der Waals surface area contributed by atoms with E-state index in [1.54, 1.807) is 24.1 Å². The zero-order valence-corrected chi connectivity index (χ0v) is 23.4. The lowest BCUT2D eigenvalue weighted by Gasteiger charge is -2.34. The van der Waals surface area contributed by atoms with Gasteiger partial charge in [-0.25, -0.2) is 0 Å². The average molecular weight is 595 g/mol. The molecule has 3 fully saturated rings. The fourth-order valence-electron chi connectivity index (χ4n) is 6.69. The zero-order chi connectivity index (χ0) is 27.1. The molecule has 0 unspecified atom stereocenters. The predicted octanol–water partition coefficient (Wildman–Crippen LogP) is 4.20. The second-order valence-corrected chi connectivity index (χ2v) is 11.8. The van der Waals surface area contributed by atoms with E-state index in [-0.39, 0.29) is 30.3 Å². The zero-order valence-electron chi connectivity index (χ0n) is 21.8. The molecule has 2 saturated heterocycles. The molecule has 204 valence electrons. The quantitative estimate of drug-likeness (QED) is 0.469. The number of rotatable bonds is 7. The summed E-state index contributed by atoms with van der Waals surface area (Å²) < 4.78 is 12.7. The number of ether oxygens (including phenoxy) is 2. The average Bonchev–Trinajstić information content (AvgIpc) is 3.58. The molecule has 2 aromatic carbocycles. The molecule has 1 aliphatic carbocycles. The number of hydrogen-bond acceptors (Lipinski definition) is 5. The highest BCUT2D eigenvalue weighted by Gasteiger charge is 2.72. The smallest absolute Gasteiger partial charge is 0.246 e. The van der Waals surface area contributed by atoms with Crippen LogP contribution < -0.4 is 15.4 Å². The Morgan fingerprint density at radius 2 is 1.87 bits per heavy atom. The SMILES string of the molecule is COc1cccc(CN2C(=O)[C@H]3[C@@H](C(=O)Nc4ccc(Br)cc4)[C@H]4C=C[C@@]3(O4)[C@@H]2C(=O)NC2CCCCC2)c1. The number of methoxy groups -OCH3 is 1. The van der Waals surface area contributed by atoms with Gasteiger partial charge in [0.25, 0.3) is 0 Å². The Bertz CT molecular complexity index is 1310. The molecular formula is C30H32BrN3O5. The van der Waals surface area contributed by atoms with Crippen LogP contribution in [0.4, 0.5) is 5.69 Å². The molecule has 2 N–H and O–H groups in total. The summed E-state index contributed by atoms with van der Waals surface area (Å²) in [5.74, 6) is -1.63. The third-order valence-corrected chi connectivity index (χ3v) is 9.00. The minimum Gasteiger partial charge on any atom is -0.497 e. The van der Waals surface area contributed by atoms with Crippen molar-refractivity contribution in [1.82, 2.24) is 10.2 Å². The third-order valence-electron chi connectivity index (χ3n) is 8.48. The molecule has 6 rings (SSSR count). The Kier molecular flexibility index (Phi) is 6.97. The standard InChI is InChI=1S/C30H32BrN3O5/c1-38-22-9-5-6-18(16-22)17-34-26(28(36)33-20-7-3-2-4-8-20)30-15-14-23(39-30)24(25(30)29(34)37)27(35)32-21-12-10-19(31)11-13-21/h5-6,9-16,20,23-26H,2-4,7-8,17H2,1H3,(H,32,35)(H,33,36)/t23-,24+,25-,26+,30+/m1/s1. The van der Waals surface area contributed by atoms with E-state index in [9.17, 15) is 14.4 Å². The van der Waals surface area contributed by atoms with Crippen LogP contribution in [0.1, 0.15) is 37.7 Å². The molecule has 1 saturated carbocycles. The van der Waals surface area contributed by atoms with Crippen molar-refractivity contribution in [2.24, 2.45) is 11.8 Å². The Hall–Kier alpha value is -3.17. The minimum atomic E-state index is -1.19. The molecule has 3 aliphatic heterocycles. The number of carbonyl (C=O) groups is 3. The Morgan fingerprint density at radius 1 is 1.10 bits per heavy atom. The molecule has 8 nitrogen and oxygen atoms in total. The number of likely N-dealkylation sites (tertiary alicyclic amines) is 1. The predicted molar refractivity (Wildman–Crippen MR) is 149 cm³/mol. The van der Waals surface area contributed by atoms with Crippen LogP contribution in [0.5, 0.6) is 5.75 Å². The number of amides is 3. The van der Waals surface area contributed by atoms with E-state index in [4.69, 9.17) is 9.47 Å². The molecule has 0 aromatic heterocycles. The summed E-state index contributed by atoms with van der Waals surface area (Å²) in [4.78, 5) is 43.3. The van der Waals surface area contributed by atoms with Gasteiger partial charge in [-0.1, -0.05) is 59.5 Å². The van der Waals surface area contributed by atoms with Gasteiger partial charge in [-0.3, -0.25) is 14.4 Å². The summed E-state index contributed by atoms with van der Waals surface area (Å²) in [5, 5.41) is 6.18. The molecule has 5 atom stereocenters. The van der Waals surface area contributed by atoms with E-state index in [2.05, 4.69) is 26.6 Å². The van der Waals surface area contributed by atoms with Crippen molar-refractivity contribution in [3.05, 3.63) is 70.7 Å². The van der Waals surface area contributed by atoms with Crippen molar-refractivity contribution in [1.29, 1.82) is 0 Å². The first-order valence-electron chi connectivity index (χ1n) is 13.6. The molecule has 1 spiro atoms. The topological polar surface area (TPSA) is 97.0 Å². The van der Waals surface area contributed by atoms with E-state index < -0.39 is 29.6 Å². The highest BCUT2D eigenvalue weighted by atomic mass is 79.9. The van der Waals surface area contributed by atoms with Crippen LogP contribution in [0.25, 0.3) is 0 Å². The maximum atomic E-state index is 14.2. The Morgan fingerprint density at radius 3 is 2.62 bits per heavy atom. The largest absolute Gasteiger partial charge is 0.497 e. The number of benzene rings is 2. The van der Waals surface area contributed by atoms with E-state index in [1.807, 2.05) is 48.6 Å². The first kappa shape index (κ1) is 26.1. The molecular weight excluding hydrogens is 562 g/mol. The fourth-order valence-corrected chi connectivity index (χ4v) is 6.96. The number of halogens is 1. The van der Waals surface area contributed by atoms with Crippen molar-refractivity contribution in [3.8, 4) is 5.75 Å². The van der Waals surface area contributed by atoms with Crippen LogP contribution in [0.2, 0.25) is 0 Å². The fraction of sp³-hybridized carbons (Fsp3) is 0.433. The van der Waals surface area contributed by atoms with E-state index in [0.717, 1.165) is 35.7 Å². The van der Waals surface area contributed by atoms with Gasteiger partial charge in [-0.2, -0.15) is 0 Å². The van der Waals surface area contributed by atoms with Crippen molar-refractivity contribution in [3.63, 3.8) is 0 Å². The number of fused-ring (bicyclic) bond motifs is 1. The first-order valence-corrected chi connectivity index (χ1v) is 14.4. The van der Waals surface area contributed by atoms with Crippen LogP contribution >= 0.6 is 15.9 Å². The summed E-state index contributed by atoms with van der Waals surface area (Å²) >= 11 is 3.41. The molecule has 3 amide bonds. The molecule has 2 bridgehead atoms. The lowest BCUT2D eigenvalue weighted by molar-refractivity contribution is -0.142. The molecule has 0 radical (unpaired) electrons. The second-order valence-electron chi connectivity index (χ2n) is 10.9. The summed E-state index contributed by atoms with van der Waals surface area (Å²) in [7, 11) is 1.59. The Balaban J connectivity index is 1.32. The lowest BCUT2D eigenvalue weighted by Crippen LogP contribution is -2.56. The first-order chi connectivity index (χ1) is 18.9. The van der Waals surface area contributed by atoms with Gasteiger partial charge in [0.05, 0.1) is 25.0 Å². The monoisotopic (exact) mass is 593 g/mol. The normalized spacial score (nSPS) is 29.4. The van der Waals surface area contributed by atoms with Crippen LogP contribution in [-0.4, -0.2) is 53.5 Å². The van der Waals surface area contributed by atoms with Gasteiger partial charge < -0.3 is 25.0 Å². The summed E-state index contributed by atoms with van der Waals surface area (Å²) in [6.45, 7) is 0.208. The highest BCUT2D eigenvalue weighted by molar-refractivity contribution is 9.10. The lowest BCUT2D eigenvalue weighted by atomic mass is 9.74. The van der Waals surface area contributed by atoms with Crippen molar-refractivity contribution in [2.45, 2.75) is 62.4 Å². The molecule has 2 aromatic rings. The molecule has 9 heteroatoms. The molecule has 4 aliphatic rings. The summed E-state index contributed by atoms with van der Waals surface area (Å²) in [5.41, 5.74) is 0.277. The molecule has 3 heterocycles. The van der Waals surface area contributed by atoms with E-state index in [0.29, 0.717) is 11.4 Å². The van der Waals surface area contributed by atoms with Crippen LogP contribution in [0.15, 0.2) is 65.2 Å². The number of hydrogen-bond donors (Lipinski definition) is 2. The van der Waals surface area contributed by atoms with Gasteiger partial charge >= 0.3 is 0 Å². The van der Waals surface area contributed by atoms with Crippen LogP contribution in [0.3, 0.4) is 0 Å². The molecule has 39 heavy (non-hydrogen) atoms. The van der Waals surface area contributed by atoms with Gasteiger partial charge in [0.1, 0.15) is 17.4 Å². The number of carbonyl (C=O) groups excluding carboxylic acids is 3.